The third kappa shape index (κ3) is 6.46. The van der Waals surface area contributed by atoms with Gasteiger partial charge in [0.2, 0.25) is 11.8 Å². The minimum Gasteiger partial charge on any atom is -0.379 e. The molecule has 2 aliphatic rings. The van der Waals surface area contributed by atoms with Crippen molar-refractivity contribution in [3.05, 3.63) is 35.5 Å². The quantitative estimate of drug-likeness (QED) is 0.438. The van der Waals surface area contributed by atoms with Crippen molar-refractivity contribution in [3.8, 4) is 0 Å². The molecule has 3 unspecified atom stereocenters. The Hall–Kier alpha value is -2.59. The first kappa shape index (κ1) is 27.4. The van der Waals surface area contributed by atoms with Crippen molar-refractivity contribution in [1.82, 2.24) is 20.5 Å². The monoisotopic (exact) mass is 522 g/mol. The molecule has 204 valence electrons. The molecule has 4 atom stereocenters. The van der Waals surface area contributed by atoms with E-state index in [2.05, 4.69) is 20.5 Å². The van der Waals surface area contributed by atoms with Crippen molar-refractivity contribution >= 4 is 22.7 Å². The van der Waals surface area contributed by atoms with Crippen LogP contribution in [0.2, 0.25) is 0 Å². The molecule has 2 heterocycles. The summed E-state index contributed by atoms with van der Waals surface area (Å²) in [6.45, 7) is 8.28. The molecule has 0 spiro atoms. The summed E-state index contributed by atoms with van der Waals surface area (Å²) in [6, 6.07) is 6.29. The summed E-state index contributed by atoms with van der Waals surface area (Å²) >= 11 is 0. The van der Waals surface area contributed by atoms with Crippen LogP contribution in [0.15, 0.2) is 24.3 Å². The molecule has 37 heavy (non-hydrogen) atoms. The third-order valence-electron chi connectivity index (χ3n) is 7.78. The smallest absolute Gasteiger partial charge is 0.379 e. The molecule has 2 aromatic rings. The highest BCUT2D eigenvalue weighted by Gasteiger charge is 2.48. The van der Waals surface area contributed by atoms with Crippen molar-refractivity contribution < 1.29 is 27.5 Å². The molecular weight excluding hydrogens is 485 g/mol. The van der Waals surface area contributed by atoms with Crippen LogP contribution in [0.3, 0.4) is 0 Å². The number of nitrogens with one attached hydrogen (secondary N) is 3. The second kappa shape index (κ2) is 11.9. The highest BCUT2D eigenvalue weighted by atomic mass is 19.4. The van der Waals surface area contributed by atoms with Gasteiger partial charge in [-0.25, -0.2) is 0 Å². The maximum atomic E-state index is 14.0. The van der Waals surface area contributed by atoms with Gasteiger partial charge in [-0.1, -0.05) is 38.5 Å². The summed E-state index contributed by atoms with van der Waals surface area (Å²) < 4.78 is 47.5. The fourth-order valence-corrected chi connectivity index (χ4v) is 5.39. The van der Waals surface area contributed by atoms with Crippen molar-refractivity contribution in [3.63, 3.8) is 0 Å². The van der Waals surface area contributed by atoms with Gasteiger partial charge in [-0.05, 0) is 43.4 Å². The van der Waals surface area contributed by atoms with Gasteiger partial charge in [0.05, 0.1) is 19.1 Å². The minimum absolute atomic E-state index is 0.147. The van der Waals surface area contributed by atoms with Gasteiger partial charge in [0.15, 0.2) is 0 Å². The van der Waals surface area contributed by atoms with Gasteiger partial charge in [0.25, 0.3) is 0 Å². The molecule has 1 aromatic carbocycles. The Morgan fingerprint density at radius 3 is 2.65 bits per heavy atom. The summed E-state index contributed by atoms with van der Waals surface area (Å²) in [7, 11) is 0. The summed E-state index contributed by atoms with van der Waals surface area (Å²) in [4.78, 5) is 31.6. The van der Waals surface area contributed by atoms with Crippen molar-refractivity contribution in [2.24, 2.45) is 11.8 Å². The Morgan fingerprint density at radius 2 is 1.95 bits per heavy atom. The number of nitrogens with zero attached hydrogens (tertiary/aromatic N) is 1. The predicted octanol–water partition coefficient (Wildman–Crippen LogP) is 3.75. The van der Waals surface area contributed by atoms with Gasteiger partial charge >= 0.3 is 6.18 Å². The lowest BCUT2D eigenvalue weighted by molar-refractivity contribution is -0.158. The SMILES string of the molecule is CCC(C)[C@H](NC(=O)C1Cc2c([nH]c3ccccc23)C(C(F)(F)F)C1)C(=O)NCCCN1CCOCC1. The number of amides is 2. The molecular formula is C27H37F3N4O3. The normalized spacial score (nSPS) is 22.3. The Kier molecular flexibility index (Phi) is 8.79. The van der Waals surface area contributed by atoms with Gasteiger partial charge in [-0.2, -0.15) is 13.2 Å². The number of halogens is 3. The van der Waals surface area contributed by atoms with E-state index in [9.17, 15) is 22.8 Å². The van der Waals surface area contributed by atoms with E-state index in [0.29, 0.717) is 42.6 Å². The number of ether oxygens (including phenoxy) is 1. The van der Waals surface area contributed by atoms with E-state index in [0.717, 1.165) is 26.1 Å². The number of H-pyrrole nitrogens is 1. The molecule has 10 heteroatoms. The minimum atomic E-state index is -4.48. The predicted molar refractivity (Wildman–Crippen MR) is 135 cm³/mol. The Balaban J connectivity index is 1.42. The zero-order chi connectivity index (χ0) is 26.6. The summed E-state index contributed by atoms with van der Waals surface area (Å²) in [5.41, 5.74) is 1.32. The number of para-hydroxylation sites is 1. The number of rotatable bonds is 9. The fraction of sp³-hybridized carbons (Fsp3) is 0.630. The number of aromatic nitrogens is 1. The van der Waals surface area contributed by atoms with E-state index < -0.39 is 30.0 Å². The van der Waals surface area contributed by atoms with E-state index >= 15 is 0 Å². The van der Waals surface area contributed by atoms with Gasteiger partial charge in [0.1, 0.15) is 6.04 Å². The maximum Gasteiger partial charge on any atom is 0.397 e. The van der Waals surface area contributed by atoms with E-state index in [1.807, 2.05) is 13.8 Å². The first-order valence-electron chi connectivity index (χ1n) is 13.2. The Labute approximate surface area is 215 Å². The third-order valence-corrected chi connectivity index (χ3v) is 7.78. The molecule has 4 rings (SSSR count). The van der Waals surface area contributed by atoms with Crippen molar-refractivity contribution in [2.45, 2.75) is 57.7 Å². The molecule has 1 aliphatic heterocycles. The lowest BCUT2D eigenvalue weighted by Crippen LogP contribution is -2.52. The number of hydrogen-bond acceptors (Lipinski definition) is 4. The second-order valence-electron chi connectivity index (χ2n) is 10.3. The van der Waals surface area contributed by atoms with Crippen LogP contribution in [0.5, 0.6) is 0 Å². The zero-order valence-electron chi connectivity index (χ0n) is 21.5. The molecule has 3 N–H and O–H groups in total. The number of carbonyl (C=O) groups is 2. The van der Waals surface area contributed by atoms with Crippen LogP contribution in [0.4, 0.5) is 13.2 Å². The molecule has 1 saturated heterocycles. The fourth-order valence-electron chi connectivity index (χ4n) is 5.39. The average molecular weight is 523 g/mol. The number of hydrogen-bond donors (Lipinski definition) is 3. The lowest BCUT2D eigenvalue weighted by atomic mass is 9.78. The summed E-state index contributed by atoms with van der Waals surface area (Å²) in [6.07, 6.45) is -3.21. The van der Waals surface area contributed by atoms with Crippen LogP contribution in [0.1, 0.15) is 50.3 Å². The van der Waals surface area contributed by atoms with Crippen LogP contribution in [0.25, 0.3) is 10.9 Å². The number of carbonyl (C=O) groups excluding carboxylic acids is 2. The Morgan fingerprint density at radius 1 is 1.22 bits per heavy atom. The van der Waals surface area contributed by atoms with Crippen LogP contribution >= 0.6 is 0 Å². The van der Waals surface area contributed by atoms with E-state index in [1.54, 1.807) is 24.3 Å². The van der Waals surface area contributed by atoms with E-state index in [-0.39, 0.29) is 30.4 Å². The molecule has 1 aromatic heterocycles. The molecule has 1 fully saturated rings. The number of alkyl halides is 3. The number of fused-ring (bicyclic) bond motifs is 3. The standard InChI is InChI=1S/C27H37F3N4O3/c1-3-17(2)23(26(36)31-9-6-10-34-11-13-37-14-12-34)33-25(35)18-15-20-19-7-4-5-8-22(19)32-24(20)21(16-18)27(28,29)30/h4-5,7-8,17-18,21,23,32H,3,6,9-16H2,1-2H3,(H,31,36)(H,33,35)/t17?,18?,21?,23-/m0/s1. The topological polar surface area (TPSA) is 86.5 Å². The van der Waals surface area contributed by atoms with Gasteiger partial charge in [-0.3, -0.25) is 14.5 Å². The van der Waals surface area contributed by atoms with Crippen molar-refractivity contribution in [2.75, 3.05) is 39.4 Å². The van der Waals surface area contributed by atoms with Gasteiger partial charge in [0, 0.05) is 42.1 Å². The van der Waals surface area contributed by atoms with Crippen LogP contribution in [-0.4, -0.2) is 73.3 Å². The first-order valence-corrected chi connectivity index (χ1v) is 13.2. The second-order valence-corrected chi connectivity index (χ2v) is 10.3. The van der Waals surface area contributed by atoms with Crippen LogP contribution < -0.4 is 10.6 Å². The first-order chi connectivity index (χ1) is 17.7. The van der Waals surface area contributed by atoms with E-state index in [1.165, 1.54) is 0 Å². The molecule has 0 bridgehead atoms. The average Bonchev–Trinajstić information content (AvgIpc) is 3.27. The Bertz CT molecular complexity index is 1080. The molecule has 0 saturated carbocycles. The zero-order valence-corrected chi connectivity index (χ0v) is 21.5. The highest BCUT2D eigenvalue weighted by Crippen LogP contribution is 2.46. The molecule has 2 amide bonds. The summed E-state index contributed by atoms with van der Waals surface area (Å²) in [5, 5.41) is 6.44. The number of benzene rings is 1. The maximum absolute atomic E-state index is 14.0. The van der Waals surface area contributed by atoms with Gasteiger partial charge in [-0.15, -0.1) is 0 Å². The number of morpholine rings is 1. The number of aromatic amines is 1. The largest absolute Gasteiger partial charge is 0.397 e. The van der Waals surface area contributed by atoms with E-state index in [4.69, 9.17) is 4.74 Å². The summed E-state index contributed by atoms with van der Waals surface area (Å²) in [5.74, 6) is -3.58. The highest BCUT2D eigenvalue weighted by molar-refractivity contribution is 5.90. The molecule has 1 aliphatic carbocycles. The van der Waals surface area contributed by atoms with Crippen LogP contribution in [-0.2, 0) is 20.7 Å². The lowest BCUT2D eigenvalue weighted by Gasteiger charge is -2.32. The van der Waals surface area contributed by atoms with Crippen LogP contribution in [0, 0.1) is 11.8 Å². The van der Waals surface area contributed by atoms with Crippen molar-refractivity contribution in [1.29, 1.82) is 0 Å². The van der Waals surface area contributed by atoms with Gasteiger partial charge < -0.3 is 20.4 Å². The molecule has 0 radical (unpaired) electrons. The molecule has 7 nitrogen and oxygen atoms in total.